The van der Waals surface area contributed by atoms with Crippen molar-refractivity contribution in [3.8, 4) is 0 Å². The van der Waals surface area contributed by atoms with Gasteiger partial charge in [-0.1, -0.05) is 18.2 Å². The van der Waals surface area contributed by atoms with Crippen molar-refractivity contribution in [1.82, 2.24) is 10.2 Å². The van der Waals surface area contributed by atoms with Gasteiger partial charge in [0.05, 0.1) is 23.7 Å². The molecule has 0 saturated heterocycles. The van der Waals surface area contributed by atoms with E-state index in [0.717, 1.165) is 5.56 Å². The molecule has 2 N–H and O–H groups in total. The maximum Gasteiger partial charge on any atom is 0.265 e. The summed E-state index contributed by atoms with van der Waals surface area (Å²) in [7, 11) is -2.11. The summed E-state index contributed by atoms with van der Waals surface area (Å²) in [6, 6.07) is 7.12. The van der Waals surface area contributed by atoms with Crippen LogP contribution >= 0.6 is 0 Å². The minimum atomic E-state index is -3.67. The summed E-state index contributed by atoms with van der Waals surface area (Å²) in [6.07, 6.45) is 0. The van der Waals surface area contributed by atoms with Crippen molar-refractivity contribution in [3.05, 3.63) is 41.2 Å². The van der Waals surface area contributed by atoms with Gasteiger partial charge in [-0.2, -0.15) is 5.10 Å². The first-order valence-corrected chi connectivity index (χ1v) is 7.55. The van der Waals surface area contributed by atoms with E-state index in [1.165, 1.54) is 0 Å². The number of hydrogen-bond donors (Lipinski definition) is 2. The van der Waals surface area contributed by atoms with E-state index in [4.69, 9.17) is 4.74 Å². The van der Waals surface area contributed by atoms with Crippen LogP contribution in [0, 0.1) is 13.8 Å². The Bertz CT molecular complexity index is 688. The van der Waals surface area contributed by atoms with Crippen molar-refractivity contribution < 1.29 is 13.2 Å². The number of sulfonamides is 1. The Morgan fingerprint density at radius 2 is 2.00 bits per heavy atom. The first-order valence-electron chi connectivity index (χ1n) is 6.07. The lowest BCUT2D eigenvalue weighted by molar-refractivity contribution is 0.185. The lowest BCUT2D eigenvalue weighted by Crippen LogP contribution is -2.15. The number of aryl methyl sites for hydroxylation is 2. The zero-order valence-electron chi connectivity index (χ0n) is 11.6. The molecule has 2 aromatic rings. The second-order valence-corrected chi connectivity index (χ2v) is 6.08. The SMILES string of the molecule is COCc1ccccc1NS(=O)(=O)c1c(C)n[nH]c1C. The molecule has 1 heterocycles. The molecular weight excluding hydrogens is 278 g/mol. The van der Waals surface area contributed by atoms with E-state index in [0.29, 0.717) is 23.7 Å². The summed E-state index contributed by atoms with van der Waals surface area (Å²) >= 11 is 0. The maximum absolute atomic E-state index is 12.4. The summed E-state index contributed by atoms with van der Waals surface area (Å²) in [6.45, 7) is 3.66. The molecule has 1 aromatic heterocycles. The van der Waals surface area contributed by atoms with Crippen LogP contribution in [0.15, 0.2) is 29.2 Å². The Balaban J connectivity index is 2.39. The number of rotatable bonds is 5. The van der Waals surface area contributed by atoms with Crippen LogP contribution in [0.25, 0.3) is 0 Å². The molecule has 0 aliphatic carbocycles. The lowest BCUT2D eigenvalue weighted by Gasteiger charge is -2.12. The molecule has 0 spiro atoms. The van der Waals surface area contributed by atoms with Gasteiger partial charge in [-0.15, -0.1) is 0 Å². The molecule has 108 valence electrons. The summed E-state index contributed by atoms with van der Waals surface area (Å²) in [5.41, 5.74) is 2.24. The summed E-state index contributed by atoms with van der Waals surface area (Å²) in [5, 5.41) is 6.59. The number of anilines is 1. The molecule has 6 nitrogen and oxygen atoms in total. The quantitative estimate of drug-likeness (QED) is 0.883. The fourth-order valence-corrected chi connectivity index (χ4v) is 3.51. The van der Waals surface area contributed by atoms with Gasteiger partial charge in [-0.3, -0.25) is 9.82 Å². The predicted molar refractivity (Wildman–Crippen MR) is 76.0 cm³/mol. The number of H-pyrrole nitrogens is 1. The first-order chi connectivity index (χ1) is 9.45. The molecule has 0 aliphatic heterocycles. The number of aromatic amines is 1. The van der Waals surface area contributed by atoms with E-state index in [1.54, 1.807) is 33.1 Å². The normalized spacial score (nSPS) is 11.6. The highest BCUT2D eigenvalue weighted by Gasteiger charge is 2.23. The monoisotopic (exact) mass is 295 g/mol. The third-order valence-corrected chi connectivity index (χ3v) is 4.52. The second kappa shape index (κ2) is 5.64. The number of hydrogen-bond acceptors (Lipinski definition) is 4. The summed E-state index contributed by atoms with van der Waals surface area (Å²) in [5.74, 6) is 0. The fraction of sp³-hybridized carbons (Fsp3) is 0.308. The summed E-state index contributed by atoms with van der Waals surface area (Å²) in [4.78, 5) is 0.185. The molecule has 7 heteroatoms. The van der Waals surface area contributed by atoms with Gasteiger partial charge in [0.1, 0.15) is 4.90 Å². The first kappa shape index (κ1) is 14.5. The Hall–Kier alpha value is -1.86. The molecule has 0 unspecified atom stereocenters. The van der Waals surface area contributed by atoms with Crippen LogP contribution < -0.4 is 4.72 Å². The average Bonchev–Trinajstić information content (AvgIpc) is 2.72. The predicted octanol–water partition coefficient (Wildman–Crippen LogP) is 1.97. The van der Waals surface area contributed by atoms with Crippen LogP contribution in [-0.4, -0.2) is 25.7 Å². The van der Waals surface area contributed by atoms with Crippen LogP contribution in [0.4, 0.5) is 5.69 Å². The zero-order valence-corrected chi connectivity index (χ0v) is 12.4. The minimum absolute atomic E-state index is 0.185. The number of ether oxygens (including phenoxy) is 1. The van der Waals surface area contributed by atoms with E-state index in [9.17, 15) is 8.42 Å². The van der Waals surface area contributed by atoms with Gasteiger partial charge < -0.3 is 4.74 Å². The molecule has 0 aliphatic rings. The Kier molecular flexibility index (Phi) is 4.10. The lowest BCUT2D eigenvalue weighted by atomic mass is 10.2. The zero-order chi connectivity index (χ0) is 14.8. The molecule has 0 saturated carbocycles. The average molecular weight is 295 g/mol. The maximum atomic E-state index is 12.4. The van der Waals surface area contributed by atoms with Crippen LogP contribution in [0.5, 0.6) is 0 Å². The highest BCUT2D eigenvalue weighted by atomic mass is 32.2. The smallest absolute Gasteiger partial charge is 0.265 e. The minimum Gasteiger partial charge on any atom is -0.380 e. The van der Waals surface area contributed by atoms with Crippen LogP contribution in [-0.2, 0) is 21.4 Å². The van der Waals surface area contributed by atoms with Crippen molar-refractivity contribution in [1.29, 1.82) is 0 Å². The fourth-order valence-electron chi connectivity index (χ4n) is 2.03. The Morgan fingerprint density at radius 3 is 2.60 bits per heavy atom. The van der Waals surface area contributed by atoms with Gasteiger partial charge in [0.25, 0.3) is 10.0 Å². The molecule has 0 fully saturated rings. The number of para-hydroxylation sites is 1. The van der Waals surface area contributed by atoms with Gasteiger partial charge in [0.15, 0.2) is 0 Å². The molecule has 1 aromatic carbocycles. The molecule has 0 radical (unpaired) electrons. The molecule has 0 atom stereocenters. The van der Waals surface area contributed by atoms with Crippen LogP contribution in [0.1, 0.15) is 17.0 Å². The van der Waals surface area contributed by atoms with Gasteiger partial charge in [0, 0.05) is 12.7 Å². The van der Waals surface area contributed by atoms with E-state index in [-0.39, 0.29) is 4.90 Å². The number of benzene rings is 1. The highest BCUT2D eigenvalue weighted by molar-refractivity contribution is 7.92. The molecule has 0 bridgehead atoms. The van der Waals surface area contributed by atoms with E-state index in [2.05, 4.69) is 14.9 Å². The number of methoxy groups -OCH3 is 1. The van der Waals surface area contributed by atoms with Crippen LogP contribution in [0.3, 0.4) is 0 Å². The summed E-state index contributed by atoms with van der Waals surface area (Å²) < 4.78 is 32.6. The second-order valence-electron chi connectivity index (χ2n) is 4.46. The molecular formula is C13H17N3O3S. The third-order valence-electron chi connectivity index (χ3n) is 2.89. The third kappa shape index (κ3) is 2.83. The Morgan fingerprint density at radius 1 is 1.30 bits per heavy atom. The van der Waals surface area contributed by atoms with Gasteiger partial charge in [-0.25, -0.2) is 8.42 Å². The number of aromatic nitrogens is 2. The van der Waals surface area contributed by atoms with Gasteiger partial charge in [-0.05, 0) is 19.9 Å². The molecule has 2 rings (SSSR count). The van der Waals surface area contributed by atoms with E-state index >= 15 is 0 Å². The Labute approximate surface area is 118 Å². The topological polar surface area (TPSA) is 84.1 Å². The van der Waals surface area contributed by atoms with Gasteiger partial charge >= 0.3 is 0 Å². The number of nitrogens with zero attached hydrogens (tertiary/aromatic N) is 1. The van der Waals surface area contributed by atoms with Crippen molar-refractivity contribution in [2.24, 2.45) is 0 Å². The van der Waals surface area contributed by atoms with Crippen molar-refractivity contribution >= 4 is 15.7 Å². The van der Waals surface area contributed by atoms with Gasteiger partial charge in [0.2, 0.25) is 0 Å². The highest BCUT2D eigenvalue weighted by Crippen LogP contribution is 2.23. The number of nitrogens with one attached hydrogen (secondary N) is 2. The van der Waals surface area contributed by atoms with Crippen molar-refractivity contribution in [3.63, 3.8) is 0 Å². The molecule has 20 heavy (non-hydrogen) atoms. The van der Waals surface area contributed by atoms with Crippen molar-refractivity contribution in [2.75, 3.05) is 11.8 Å². The molecule has 0 amide bonds. The van der Waals surface area contributed by atoms with E-state index < -0.39 is 10.0 Å². The van der Waals surface area contributed by atoms with E-state index in [1.807, 2.05) is 12.1 Å². The standard InChI is InChI=1S/C13H17N3O3S/c1-9-13(10(2)15-14-9)20(17,18)16-12-7-5-4-6-11(12)8-19-3/h4-7,16H,8H2,1-3H3,(H,14,15). The van der Waals surface area contributed by atoms with Crippen LogP contribution in [0.2, 0.25) is 0 Å². The van der Waals surface area contributed by atoms with Crippen molar-refractivity contribution in [2.45, 2.75) is 25.3 Å². The largest absolute Gasteiger partial charge is 0.380 e.